The van der Waals surface area contributed by atoms with E-state index in [9.17, 15) is 10.1 Å². The van der Waals surface area contributed by atoms with E-state index in [1.165, 1.54) is 32.0 Å². The second-order valence-corrected chi connectivity index (χ2v) is 6.91. The van der Waals surface area contributed by atoms with Gasteiger partial charge in [0, 0.05) is 32.2 Å². The molecular weight excluding hydrogens is 320 g/mol. The van der Waals surface area contributed by atoms with E-state index in [1.54, 1.807) is 0 Å². The molecule has 1 aromatic heterocycles. The minimum Gasteiger partial charge on any atom is -0.361 e. The monoisotopic (exact) mass is 348 g/mol. The molecule has 1 saturated carbocycles. The van der Waals surface area contributed by atoms with Crippen molar-refractivity contribution >= 4 is 17.3 Å². The van der Waals surface area contributed by atoms with Crippen LogP contribution in [-0.2, 0) is 0 Å². The number of likely N-dealkylation sites (N-methyl/N-ethyl adjacent to an activating group) is 1. The standard InChI is InChI=1S/C17H28N6O2/c1-2-21-9-11-22(12-10-21)17-15(23(24)25)16(18-13-19-17)20-14-7-5-3-4-6-8-14/h13-14H,2-12H2,1H3,(H,18,19,20). The van der Waals surface area contributed by atoms with Crippen molar-refractivity contribution in [3.63, 3.8) is 0 Å². The molecule has 2 fully saturated rings. The maximum atomic E-state index is 11.8. The highest BCUT2D eigenvalue weighted by Crippen LogP contribution is 2.33. The molecule has 1 aliphatic heterocycles. The van der Waals surface area contributed by atoms with Gasteiger partial charge in [-0.15, -0.1) is 0 Å². The number of anilines is 2. The average Bonchev–Trinajstić information content (AvgIpc) is 2.90. The Bertz CT molecular complexity index is 581. The number of piperazine rings is 1. The molecule has 138 valence electrons. The fourth-order valence-electron chi connectivity index (χ4n) is 3.77. The molecule has 1 aromatic rings. The van der Waals surface area contributed by atoms with E-state index >= 15 is 0 Å². The molecule has 0 spiro atoms. The van der Waals surface area contributed by atoms with Crippen molar-refractivity contribution in [1.82, 2.24) is 14.9 Å². The van der Waals surface area contributed by atoms with Gasteiger partial charge in [-0.2, -0.15) is 0 Å². The number of hydrogen-bond donors (Lipinski definition) is 1. The second-order valence-electron chi connectivity index (χ2n) is 6.91. The molecule has 0 atom stereocenters. The van der Waals surface area contributed by atoms with Gasteiger partial charge in [0.2, 0.25) is 11.6 Å². The zero-order chi connectivity index (χ0) is 17.6. The van der Waals surface area contributed by atoms with Crippen molar-refractivity contribution in [3.8, 4) is 0 Å². The summed E-state index contributed by atoms with van der Waals surface area (Å²) in [4.78, 5) is 24.3. The smallest absolute Gasteiger partial charge is 0.353 e. The molecule has 25 heavy (non-hydrogen) atoms. The SMILES string of the molecule is CCN1CCN(c2ncnc(NC3CCCCCC3)c2[N+](=O)[O-])CC1. The van der Waals surface area contributed by atoms with E-state index in [0.29, 0.717) is 11.6 Å². The van der Waals surface area contributed by atoms with Gasteiger partial charge in [0.1, 0.15) is 6.33 Å². The predicted molar refractivity (Wildman–Crippen MR) is 98.1 cm³/mol. The van der Waals surface area contributed by atoms with Gasteiger partial charge in [-0.1, -0.05) is 32.6 Å². The Kier molecular flexibility index (Phi) is 6.01. The summed E-state index contributed by atoms with van der Waals surface area (Å²) in [5.74, 6) is 0.826. The van der Waals surface area contributed by atoms with Gasteiger partial charge in [-0.05, 0) is 19.4 Å². The highest BCUT2D eigenvalue weighted by molar-refractivity contribution is 5.70. The van der Waals surface area contributed by atoms with Crippen molar-refractivity contribution < 1.29 is 4.92 Å². The van der Waals surface area contributed by atoms with Crippen LogP contribution in [0, 0.1) is 10.1 Å². The Morgan fingerprint density at radius 2 is 1.84 bits per heavy atom. The fourth-order valence-corrected chi connectivity index (χ4v) is 3.77. The van der Waals surface area contributed by atoms with Crippen LogP contribution in [0.3, 0.4) is 0 Å². The molecule has 1 N–H and O–H groups in total. The van der Waals surface area contributed by atoms with E-state index < -0.39 is 0 Å². The Morgan fingerprint density at radius 1 is 1.16 bits per heavy atom. The van der Waals surface area contributed by atoms with Crippen LogP contribution in [0.1, 0.15) is 45.4 Å². The summed E-state index contributed by atoms with van der Waals surface area (Å²) in [5, 5.41) is 15.1. The van der Waals surface area contributed by atoms with Crippen molar-refractivity contribution in [3.05, 3.63) is 16.4 Å². The summed E-state index contributed by atoms with van der Waals surface area (Å²) in [6.45, 7) is 6.47. The van der Waals surface area contributed by atoms with Crippen LogP contribution in [0.4, 0.5) is 17.3 Å². The molecule has 3 rings (SSSR count). The van der Waals surface area contributed by atoms with Crippen LogP contribution in [0.25, 0.3) is 0 Å². The van der Waals surface area contributed by atoms with E-state index in [1.807, 2.05) is 4.90 Å². The van der Waals surface area contributed by atoms with E-state index in [4.69, 9.17) is 0 Å². The Morgan fingerprint density at radius 3 is 2.44 bits per heavy atom. The zero-order valence-electron chi connectivity index (χ0n) is 15.0. The molecule has 0 amide bonds. The highest BCUT2D eigenvalue weighted by atomic mass is 16.6. The Labute approximate surface area is 148 Å². The van der Waals surface area contributed by atoms with Gasteiger partial charge in [0.15, 0.2) is 0 Å². The lowest BCUT2D eigenvalue weighted by Gasteiger charge is -2.34. The molecule has 8 heteroatoms. The number of rotatable bonds is 5. The minimum atomic E-state index is -0.333. The molecule has 8 nitrogen and oxygen atoms in total. The van der Waals surface area contributed by atoms with Crippen molar-refractivity contribution in [2.24, 2.45) is 0 Å². The molecule has 2 aliphatic rings. The van der Waals surface area contributed by atoms with Crippen LogP contribution in [0.5, 0.6) is 0 Å². The molecular formula is C17H28N6O2. The van der Waals surface area contributed by atoms with Crippen LogP contribution in [0.2, 0.25) is 0 Å². The van der Waals surface area contributed by atoms with Gasteiger partial charge in [0.05, 0.1) is 4.92 Å². The first kappa shape index (κ1) is 17.8. The second kappa shape index (κ2) is 8.42. The summed E-state index contributed by atoms with van der Waals surface area (Å²) >= 11 is 0. The van der Waals surface area contributed by atoms with Crippen molar-refractivity contribution in [2.75, 3.05) is 42.9 Å². The summed E-state index contributed by atoms with van der Waals surface area (Å²) in [6, 6.07) is 0.265. The minimum absolute atomic E-state index is 0.0247. The van der Waals surface area contributed by atoms with Crippen LogP contribution in [-0.4, -0.2) is 58.6 Å². The lowest BCUT2D eigenvalue weighted by Crippen LogP contribution is -2.46. The molecule has 1 saturated heterocycles. The zero-order valence-corrected chi connectivity index (χ0v) is 15.0. The lowest BCUT2D eigenvalue weighted by molar-refractivity contribution is -0.383. The van der Waals surface area contributed by atoms with Gasteiger partial charge < -0.3 is 15.1 Å². The normalized spacial score (nSPS) is 20.3. The molecule has 1 aliphatic carbocycles. The lowest BCUT2D eigenvalue weighted by atomic mass is 10.1. The first-order chi connectivity index (χ1) is 12.2. The fraction of sp³-hybridized carbons (Fsp3) is 0.765. The number of nitro groups is 1. The average molecular weight is 348 g/mol. The molecule has 2 heterocycles. The summed E-state index contributed by atoms with van der Waals surface area (Å²) < 4.78 is 0. The van der Waals surface area contributed by atoms with Crippen LogP contribution >= 0.6 is 0 Å². The van der Waals surface area contributed by atoms with E-state index in [-0.39, 0.29) is 16.7 Å². The third-order valence-corrected chi connectivity index (χ3v) is 5.30. The van der Waals surface area contributed by atoms with Crippen LogP contribution in [0.15, 0.2) is 6.33 Å². The highest BCUT2D eigenvalue weighted by Gasteiger charge is 2.30. The topological polar surface area (TPSA) is 87.4 Å². The molecule has 0 bridgehead atoms. The number of nitrogens with one attached hydrogen (secondary N) is 1. The maximum Gasteiger partial charge on any atom is 0.353 e. The number of nitrogens with zero attached hydrogens (tertiary/aromatic N) is 5. The number of aromatic nitrogens is 2. The van der Waals surface area contributed by atoms with E-state index in [2.05, 4.69) is 27.1 Å². The van der Waals surface area contributed by atoms with E-state index in [0.717, 1.165) is 45.6 Å². The third kappa shape index (κ3) is 4.36. The summed E-state index contributed by atoms with van der Waals surface area (Å²) in [7, 11) is 0. The third-order valence-electron chi connectivity index (χ3n) is 5.30. The Hall–Kier alpha value is -1.96. The van der Waals surface area contributed by atoms with Gasteiger partial charge >= 0.3 is 5.69 Å². The largest absolute Gasteiger partial charge is 0.361 e. The Balaban J connectivity index is 1.80. The predicted octanol–water partition coefficient (Wildman–Crippen LogP) is 2.66. The summed E-state index contributed by atoms with van der Waals surface area (Å²) in [5.41, 5.74) is 0.0247. The number of hydrogen-bond acceptors (Lipinski definition) is 7. The van der Waals surface area contributed by atoms with Gasteiger partial charge in [-0.25, -0.2) is 9.97 Å². The van der Waals surface area contributed by atoms with Gasteiger partial charge in [0.25, 0.3) is 0 Å². The van der Waals surface area contributed by atoms with Crippen LogP contribution < -0.4 is 10.2 Å². The van der Waals surface area contributed by atoms with Crippen molar-refractivity contribution in [2.45, 2.75) is 51.5 Å². The van der Waals surface area contributed by atoms with Gasteiger partial charge in [-0.3, -0.25) is 10.1 Å². The molecule has 0 unspecified atom stereocenters. The summed E-state index contributed by atoms with van der Waals surface area (Å²) in [6.07, 6.45) is 8.38. The van der Waals surface area contributed by atoms with Crippen molar-refractivity contribution in [1.29, 1.82) is 0 Å². The molecule has 0 aromatic carbocycles. The first-order valence-electron chi connectivity index (χ1n) is 9.42. The molecule has 0 radical (unpaired) electrons. The quantitative estimate of drug-likeness (QED) is 0.497. The first-order valence-corrected chi connectivity index (χ1v) is 9.42. The maximum absolute atomic E-state index is 11.8.